The smallest absolute Gasteiger partial charge is 0.182 e. The third-order valence-electron chi connectivity index (χ3n) is 1.94. The first-order valence-electron chi connectivity index (χ1n) is 3.78. The van der Waals surface area contributed by atoms with Crippen molar-refractivity contribution in [3.05, 3.63) is 0 Å². The van der Waals surface area contributed by atoms with E-state index in [1.807, 2.05) is 0 Å². The van der Waals surface area contributed by atoms with Crippen molar-refractivity contribution in [3.63, 3.8) is 0 Å². The highest BCUT2D eigenvalue weighted by Crippen LogP contribution is 2.21. The SMILES string of the molecule is O=S(O)C1C[C@@H](O)[C@H](O)[C@@H](CO)O1. The van der Waals surface area contributed by atoms with Crippen LogP contribution in [0.15, 0.2) is 0 Å². The zero-order chi connectivity index (χ0) is 10.0. The van der Waals surface area contributed by atoms with Crippen molar-refractivity contribution in [2.45, 2.75) is 30.2 Å². The summed E-state index contributed by atoms with van der Waals surface area (Å²) >= 11 is -2.21. The van der Waals surface area contributed by atoms with Crippen LogP contribution in [0.5, 0.6) is 0 Å². The molecule has 78 valence electrons. The molecule has 0 aromatic carbocycles. The maximum atomic E-state index is 10.6. The van der Waals surface area contributed by atoms with E-state index in [0.29, 0.717) is 0 Å². The van der Waals surface area contributed by atoms with Crippen LogP contribution in [0.1, 0.15) is 6.42 Å². The van der Waals surface area contributed by atoms with Crippen LogP contribution in [0, 0.1) is 0 Å². The van der Waals surface area contributed by atoms with Crippen LogP contribution in [0.2, 0.25) is 0 Å². The molecule has 1 fully saturated rings. The molecule has 2 unspecified atom stereocenters. The predicted molar refractivity (Wildman–Crippen MR) is 43.1 cm³/mol. The molecule has 1 aliphatic rings. The van der Waals surface area contributed by atoms with Gasteiger partial charge in [-0.15, -0.1) is 0 Å². The fourth-order valence-corrected chi connectivity index (χ4v) is 1.80. The van der Waals surface area contributed by atoms with Gasteiger partial charge in [0.2, 0.25) is 0 Å². The summed E-state index contributed by atoms with van der Waals surface area (Å²) in [6, 6.07) is 0. The molecule has 5 atom stereocenters. The lowest BCUT2D eigenvalue weighted by Gasteiger charge is -2.34. The summed E-state index contributed by atoms with van der Waals surface area (Å²) in [6.07, 6.45) is -3.44. The zero-order valence-electron chi connectivity index (χ0n) is 6.74. The third-order valence-corrected chi connectivity index (χ3v) is 2.69. The summed E-state index contributed by atoms with van der Waals surface area (Å²) in [4.78, 5) is 0. The normalized spacial score (nSPS) is 43.1. The molecule has 0 aromatic heterocycles. The monoisotopic (exact) mass is 212 g/mol. The topological polar surface area (TPSA) is 107 Å². The average molecular weight is 212 g/mol. The Kier molecular flexibility index (Phi) is 3.77. The summed E-state index contributed by atoms with van der Waals surface area (Å²) in [5.41, 5.74) is -1.05. The van der Waals surface area contributed by atoms with E-state index >= 15 is 0 Å². The predicted octanol–water partition coefficient (Wildman–Crippen LogP) is -1.96. The highest BCUT2D eigenvalue weighted by atomic mass is 32.2. The Morgan fingerprint density at radius 3 is 2.54 bits per heavy atom. The van der Waals surface area contributed by atoms with Gasteiger partial charge in [0.1, 0.15) is 12.2 Å². The molecule has 0 spiro atoms. The Balaban J connectivity index is 2.63. The minimum Gasteiger partial charge on any atom is -0.394 e. The van der Waals surface area contributed by atoms with E-state index in [2.05, 4.69) is 0 Å². The van der Waals surface area contributed by atoms with Gasteiger partial charge in [-0.2, -0.15) is 0 Å². The Bertz CT molecular complexity index is 198. The Labute approximate surface area is 77.4 Å². The minimum absolute atomic E-state index is 0.110. The van der Waals surface area contributed by atoms with Gasteiger partial charge >= 0.3 is 0 Å². The van der Waals surface area contributed by atoms with Crippen LogP contribution in [0.25, 0.3) is 0 Å². The molecule has 0 radical (unpaired) electrons. The summed E-state index contributed by atoms with van der Waals surface area (Å²) in [5, 5.41) is 27.1. The fourth-order valence-electron chi connectivity index (χ4n) is 1.20. The molecular weight excluding hydrogens is 200 g/mol. The molecule has 0 aliphatic carbocycles. The lowest BCUT2D eigenvalue weighted by molar-refractivity contribution is -0.159. The van der Waals surface area contributed by atoms with Crippen molar-refractivity contribution in [3.8, 4) is 0 Å². The molecule has 4 N–H and O–H groups in total. The molecule has 0 aromatic rings. The molecule has 7 heteroatoms. The van der Waals surface area contributed by atoms with Gasteiger partial charge < -0.3 is 24.6 Å². The second-order valence-corrected chi connectivity index (χ2v) is 3.93. The number of aliphatic hydroxyl groups is 3. The largest absolute Gasteiger partial charge is 0.394 e. The molecular formula is C6H12O6S. The molecule has 0 saturated carbocycles. The van der Waals surface area contributed by atoms with Gasteiger partial charge in [0, 0.05) is 6.42 Å². The van der Waals surface area contributed by atoms with E-state index in [4.69, 9.17) is 14.4 Å². The first kappa shape index (κ1) is 11.0. The van der Waals surface area contributed by atoms with Crippen LogP contribution < -0.4 is 0 Å². The van der Waals surface area contributed by atoms with Crippen LogP contribution >= 0.6 is 0 Å². The molecule has 1 saturated heterocycles. The number of hydrogen-bond acceptors (Lipinski definition) is 5. The van der Waals surface area contributed by atoms with Gasteiger partial charge in [-0.25, -0.2) is 4.21 Å². The van der Waals surface area contributed by atoms with Crippen molar-refractivity contribution in [1.82, 2.24) is 0 Å². The van der Waals surface area contributed by atoms with Gasteiger partial charge in [0.15, 0.2) is 16.5 Å². The van der Waals surface area contributed by atoms with Crippen LogP contribution in [-0.2, 0) is 15.8 Å². The standard InChI is InChI=1S/C6H12O6S/c7-2-4-6(9)3(8)1-5(12-4)13(10)11/h3-9H,1-2H2,(H,10,11)/t3-,4-,5?,6+/m1/s1. The van der Waals surface area contributed by atoms with Crippen molar-refractivity contribution in [2.75, 3.05) is 6.61 Å². The first-order chi connectivity index (χ1) is 6.06. The lowest BCUT2D eigenvalue weighted by atomic mass is 10.0. The number of rotatable bonds is 2. The maximum Gasteiger partial charge on any atom is 0.182 e. The van der Waals surface area contributed by atoms with Gasteiger partial charge in [0.05, 0.1) is 12.7 Å². The molecule has 1 rings (SSSR count). The van der Waals surface area contributed by atoms with Gasteiger partial charge in [-0.05, 0) is 0 Å². The third kappa shape index (κ3) is 2.46. The maximum absolute atomic E-state index is 10.6. The highest BCUT2D eigenvalue weighted by Gasteiger charge is 2.38. The van der Waals surface area contributed by atoms with E-state index in [1.165, 1.54) is 0 Å². The second kappa shape index (κ2) is 4.45. The van der Waals surface area contributed by atoms with Gasteiger partial charge in [0.25, 0.3) is 0 Å². The first-order valence-corrected chi connectivity index (χ1v) is 4.95. The minimum atomic E-state index is -2.21. The molecule has 1 heterocycles. The molecule has 1 aliphatic heterocycles. The zero-order valence-corrected chi connectivity index (χ0v) is 7.55. The average Bonchev–Trinajstić information content (AvgIpc) is 2.09. The Morgan fingerprint density at radius 2 is 2.08 bits per heavy atom. The fraction of sp³-hybridized carbons (Fsp3) is 1.00. The number of ether oxygens (including phenoxy) is 1. The molecule has 0 amide bonds. The number of aliphatic hydroxyl groups excluding tert-OH is 3. The van der Waals surface area contributed by atoms with E-state index in [1.54, 1.807) is 0 Å². The molecule has 0 bridgehead atoms. The summed E-state index contributed by atoms with van der Waals surface area (Å²) in [5.74, 6) is 0. The summed E-state index contributed by atoms with van der Waals surface area (Å²) in [7, 11) is 0. The quantitative estimate of drug-likeness (QED) is 0.396. The van der Waals surface area contributed by atoms with E-state index in [0.717, 1.165) is 0 Å². The Morgan fingerprint density at radius 1 is 1.46 bits per heavy atom. The number of hydrogen-bond donors (Lipinski definition) is 4. The van der Waals surface area contributed by atoms with Gasteiger partial charge in [-0.1, -0.05) is 0 Å². The lowest BCUT2D eigenvalue weighted by Crippen LogP contribution is -2.50. The molecule has 13 heavy (non-hydrogen) atoms. The summed E-state index contributed by atoms with van der Waals surface area (Å²) in [6.45, 7) is -0.494. The summed E-state index contributed by atoms with van der Waals surface area (Å²) < 4.78 is 24.1. The van der Waals surface area contributed by atoms with Crippen LogP contribution in [0.4, 0.5) is 0 Å². The Hall–Kier alpha value is -0.0500. The highest BCUT2D eigenvalue weighted by molar-refractivity contribution is 7.79. The van der Waals surface area contributed by atoms with Gasteiger partial charge in [-0.3, -0.25) is 0 Å². The van der Waals surface area contributed by atoms with Crippen LogP contribution in [-0.4, -0.2) is 54.4 Å². The van der Waals surface area contributed by atoms with Crippen molar-refractivity contribution >= 4 is 11.1 Å². The van der Waals surface area contributed by atoms with E-state index in [9.17, 15) is 14.4 Å². The van der Waals surface area contributed by atoms with Crippen LogP contribution in [0.3, 0.4) is 0 Å². The van der Waals surface area contributed by atoms with E-state index < -0.39 is 41.4 Å². The van der Waals surface area contributed by atoms with Crippen molar-refractivity contribution < 1.29 is 28.8 Å². The van der Waals surface area contributed by atoms with Crippen molar-refractivity contribution in [1.29, 1.82) is 0 Å². The molecule has 6 nitrogen and oxygen atoms in total. The van der Waals surface area contributed by atoms with E-state index in [-0.39, 0.29) is 6.42 Å². The van der Waals surface area contributed by atoms with Crippen molar-refractivity contribution in [2.24, 2.45) is 0 Å². The second-order valence-electron chi connectivity index (χ2n) is 2.86.